The second-order valence-electron chi connectivity index (χ2n) is 5.53. The van der Waals surface area contributed by atoms with Crippen LogP contribution in [0, 0.1) is 20.2 Å². The molecule has 0 amide bonds. The number of fused-ring (bicyclic) bond motifs is 3. The molecular weight excluding hydrogens is 582 g/mol. The molecule has 9 nitrogen and oxygen atoms in total. The molecular formula is C14H6F6N2O7STe. The van der Waals surface area contributed by atoms with E-state index in [4.69, 9.17) is 13.0 Å². The molecule has 3 rings (SSSR count). The number of non-ortho nitro benzene ring substituents is 2. The number of halogens is 6. The minimum atomic E-state index is -6.09. The summed E-state index contributed by atoms with van der Waals surface area (Å²) in [5.41, 5.74) is -6.48. The average molecular weight is 588 g/mol. The number of rotatable bonds is 2. The molecule has 0 fully saturated rings. The van der Waals surface area contributed by atoms with Crippen molar-refractivity contribution in [3.8, 4) is 0 Å². The molecule has 0 spiro atoms. The quantitative estimate of drug-likeness (QED) is 0.110. The Labute approximate surface area is 173 Å². The van der Waals surface area contributed by atoms with Crippen molar-refractivity contribution in [1.82, 2.24) is 0 Å². The Kier molecular flexibility index (Phi) is 6.57. The Morgan fingerprint density at radius 3 is 1.32 bits per heavy atom. The van der Waals surface area contributed by atoms with E-state index in [-0.39, 0.29) is 17.6 Å². The molecule has 1 heterocycles. The van der Waals surface area contributed by atoms with Crippen LogP contribution in [0.4, 0.5) is 37.7 Å². The summed E-state index contributed by atoms with van der Waals surface area (Å²) in [6.45, 7) is 0. The van der Waals surface area contributed by atoms with Gasteiger partial charge in [0.2, 0.25) is 0 Å². The van der Waals surface area contributed by atoms with Gasteiger partial charge in [0.25, 0.3) is 0 Å². The third kappa shape index (κ3) is 5.23. The van der Waals surface area contributed by atoms with Gasteiger partial charge in [-0.3, -0.25) is 0 Å². The minimum absolute atomic E-state index is 0.0919. The van der Waals surface area contributed by atoms with Crippen LogP contribution in [-0.2, 0) is 14.3 Å². The van der Waals surface area contributed by atoms with E-state index in [1.54, 1.807) is 0 Å². The topological polar surface area (TPSA) is 143 Å². The van der Waals surface area contributed by atoms with Crippen LogP contribution in [0.15, 0.2) is 36.4 Å². The van der Waals surface area contributed by atoms with Gasteiger partial charge < -0.3 is 4.55 Å². The summed E-state index contributed by atoms with van der Waals surface area (Å²) < 4.78 is 94.7. The van der Waals surface area contributed by atoms with Crippen LogP contribution in [0.3, 0.4) is 0 Å². The van der Waals surface area contributed by atoms with Crippen molar-refractivity contribution in [2.75, 3.05) is 0 Å². The third-order valence-electron chi connectivity index (χ3n) is 3.60. The SMILES string of the molecule is O=S(=O)([O-])C(F)(F)F.O=[N+]([O-])c1ccc2c3ccc([N+](=O)[O-])cc3[te+](C(F)(F)F)c2c1. The molecule has 1 aromatic heterocycles. The van der Waals surface area contributed by atoms with Crippen LogP contribution in [0.25, 0.3) is 17.6 Å². The first-order valence-corrected chi connectivity index (χ1v) is 12.3. The van der Waals surface area contributed by atoms with E-state index in [2.05, 4.69) is 0 Å². The molecule has 0 aliphatic rings. The van der Waals surface area contributed by atoms with Crippen LogP contribution in [0.2, 0.25) is 0 Å². The van der Waals surface area contributed by atoms with Crippen molar-refractivity contribution in [1.29, 1.82) is 0 Å². The fourth-order valence-electron chi connectivity index (χ4n) is 2.40. The number of nitrogens with zero attached hydrogens (tertiary/aromatic N) is 2. The predicted octanol–water partition coefficient (Wildman–Crippen LogP) is 4.08. The molecule has 0 bridgehead atoms. The predicted molar refractivity (Wildman–Crippen MR) is 93.4 cm³/mol. The Balaban J connectivity index is 0.000000366. The van der Waals surface area contributed by atoms with Gasteiger partial charge in [-0.2, -0.15) is 13.2 Å². The average Bonchev–Trinajstić information content (AvgIpc) is 2.93. The number of hydrogen-bond donors (Lipinski definition) is 0. The summed E-state index contributed by atoms with van der Waals surface area (Å²) in [4.78, 5) is 20.2. The number of nitro groups is 2. The van der Waals surface area contributed by atoms with Crippen molar-refractivity contribution < 1.29 is 49.2 Å². The van der Waals surface area contributed by atoms with Gasteiger partial charge in [0.1, 0.15) is 0 Å². The monoisotopic (exact) mass is 590 g/mol. The molecule has 0 atom stereocenters. The molecule has 0 saturated heterocycles. The number of alkyl halides is 6. The maximum absolute atomic E-state index is 13.5. The van der Waals surface area contributed by atoms with Crippen molar-refractivity contribution >= 4 is 58.1 Å². The van der Waals surface area contributed by atoms with Crippen LogP contribution in [-0.4, -0.2) is 47.4 Å². The van der Waals surface area contributed by atoms with Gasteiger partial charge in [-0.15, -0.1) is 0 Å². The van der Waals surface area contributed by atoms with Crippen molar-refractivity contribution in [3.63, 3.8) is 0 Å². The van der Waals surface area contributed by atoms with Gasteiger partial charge in [-0.05, 0) is 0 Å². The van der Waals surface area contributed by atoms with Gasteiger partial charge in [0, 0.05) is 0 Å². The van der Waals surface area contributed by atoms with Gasteiger partial charge in [-0.25, -0.2) is 8.42 Å². The fourth-order valence-corrected chi connectivity index (χ4v) is 8.13. The number of nitro benzene ring substituents is 2. The summed E-state index contributed by atoms with van der Waals surface area (Å²) in [6.07, 6.45) is 0. The van der Waals surface area contributed by atoms with E-state index in [0.717, 1.165) is 24.3 Å². The van der Waals surface area contributed by atoms with Crippen LogP contribution in [0.1, 0.15) is 0 Å². The first-order valence-electron chi connectivity index (χ1n) is 7.35. The van der Waals surface area contributed by atoms with E-state index in [9.17, 15) is 46.6 Å². The summed E-state index contributed by atoms with van der Waals surface area (Å²) in [6, 6.07) is 6.75. The van der Waals surface area contributed by atoms with E-state index >= 15 is 0 Å². The van der Waals surface area contributed by atoms with Crippen molar-refractivity contribution in [2.45, 2.75) is 9.73 Å². The Bertz CT molecular complexity index is 1230. The molecule has 168 valence electrons. The molecule has 31 heavy (non-hydrogen) atoms. The molecule has 0 aliphatic heterocycles. The zero-order valence-electron chi connectivity index (χ0n) is 14.3. The van der Waals surface area contributed by atoms with Gasteiger partial charge in [-0.1, -0.05) is 0 Å². The molecule has 0 aliphatic carbocycles. The normalized spacial score (nSPS) is 12.5. The van der Waals surface area contributed by atoms with Crippen molar-refractivity contribution in [2.24, 2.45) is 0 Å². The summed E-state index contributed by atoms with van der Waals surface area (Å²) in [7, 11) is -6.09. The molecule has 0 saturated carbocycles. The van der Waals surface area contributed by atoms with Gasteiger partial charge >= 0.3 is 137 Å². The molecule has 2 aromatic carbocycles. The first kappa shape index (κ1) is 24.8. The molecule has 17 heteroatoms. The Hall–Kier alpha value is -2.48. The summed E-state index contributed by atoms with van der Waals surface area (Å²) in [5, 5.41) is 22.2. The van der Waals surface area contributed by atoms with E-state index in [1.165, 1.54) is 12.1 Å². The fraction of sp³-hybridized carbons (Fsp3) is 0.143. The van der Waals surface area contributed by atoms with Crippen LogP contribution < -0.4 is 0 Å². The zero-order chi connectivity index (χ0) is 23.9. The maximum atomic E-state index is 13.5. The molecule has 0 radical (unpaired) electrons. The number of benzene rings is 2. The Morgan fingerprint density at radius 1 is 0.774 bits per heavy atom. The van der Waals surface area contributed by atoms with E-state index in [1.807, 2.05) is 0 Å². The second kappa shape index (κ2) is 8.22. The van der Waals surface area contributed by atoms with Crippen molar-refractivity contribution in [3.05, 3.63) is 56.6 Å². The zero-order valence-corrected chi connectivity index (χ0v) is 17.4. The van der Waals surface area contributed by atoms with Gasteiger partial charge in [0.05, 0.1) is 0 Å². The van der Waals surface area contributed by atoms with Gasteiger partial charge in [0.15, 0.2) is 10.1 Å². The summed E-state index contributed by atoms with van der Waals surface area (Å²) >= 11 is -4.19. The molecule has 3 aromatic rings. The van der Waals surface area contributed by atoms with Crippen LogP contribution >= 0.6 is 0 Å². The van der Waals surface area contributed by atoms with E-state index in [0.29, 0.717) is 0 Å². The molecule has 0 N–H and O–H groups in total. The standard InChI is InChI=1S/C13H6F3N2O4Te.CHF3O3S/c14-13(15,16)23-11-5-7(17(19)20)1-3-9(11)10-4-2-8(18(21)22)6-12(10)23;2-1(3,4)8(5,6)7/h1-6H;(H,5,6,7)/q+1;/p-1. The second-order valence-corrected chi connectivity index (χ2v) is 12.5. The molecule has 0 unspecified atom stereocenters. The first-order chi connectivity index (χ1) is 13.9. The van der Waals surface area contributed by atoms with E-state index < -0.39 is 60.1 Å². The number of hydrogen-bond acceptors (Lipinski definition) is 7. The Morgan fingerprint density at radius 2 is 1.10 bits per heavy atom. The summed E-state index contributed by atoms with van der Waals surface area (Å²) in [5.74, 6) is 0. The van der Waals surface area contributed by atoms with Crippen LogP contribution in [0.5, 0.6) is 0 Å². The third-order valence-corrected chi connectivity index (χ3v) is 9.92.